The zero-order chi connectivity index (χ0) is 14.8. The number of fused-ring (bicyclic) bond motifs is 1. The van der Waals surface area contributed by atoms with Crippen molar-refractivity contribution in [2.45, 2.75) is 19.3 Å². The van der Waals surface area contributed by atoms with E-state index in [1.54, 1.807) is 0 Å². The highest BCUT2D eigenvalue weighted by Crippen LogP contribution is 2.25. The molecule has 0 unspecified atom stereocenters. The molecular weight excluding hydrogens is 270 g/mol. The maximum absolute atomic E-state index is 4.93. The summed E-state index contributed by atoms with van der Waals surface area (Å²) in [6.07, 6.45) is 3.56. The van der Waals surface area contributed by atoms with Crippen LogP contribution in [0.2, 0.25) is 0 Å². The molecule has 1 aliphatic heterocycles. The maximum Gasteiger partial charge on any atom is 0.114 e. The van der Waals surface area contributed by atoms with Crippen molar-refractivity contribution in [1.82, 2.24) is 14.9 Å². The van der Waals surface area contributed by atoms with Crippen LogP contribution in [0, 0.1) is 5.92 Å². The van der Waals surface area contributed by atoms with Gasteiger partial charge in [0, 0.05) is 12.1 Å². The van der Waals surface area contributed by atoms with E-state index in [1.165, 1.54) is 29.9 Å². The van der Waals surface area contributed by atoms with Crippen molar-refractivity contribution >= 4 is 11.0 Å². The van der Waals surface area contributed by atoms with Gasteiger partial charge in [0.1, 0.15) is 5.82 Å². The number of hydrogen-bond donors (Lipinski definition) is 1. The first-order valence-corrected chi connectivity index (χ1v) is 8.14. The van der Waals surface area contributed by atoms with Gasteiger partial charge in [0.15, 0.2) is 0 Å². The molecule has 1 N–H and O–H groups in total. The molecule has 2 aromatic carbocycles. The Morgan fingerprint density at radius 2 is 1.68 bits per heavy atom. The first-order chi connectivity index (χ1) is 10.9. The molecule has 22 heavy (non-hydrogen) atoms. The minimum absolute atomic E-state index is 0.737. The Bertz CT molecular complexity index is 755. The fourth-order valence-electron chi connectivity index (χ4n) is 3.42. The van der Waals surface area contributed by atoms with E-state index in [0.29, 0.717) is 0 Å². The molecule has 4 rings (SSSR count). The highest BCUT2D eigenvalue weighted by molar-refractivity contribution is 5.78. The standard InChI is InChI=1S/C19H21N3/c1-2-6-16(7-3-1)22-18-9-5-4-8-17(18)21-19(22)14-15-10-12-20-13-11-15/h1-9,15,20H,10-14H2. The van der Waals surface area contributed by atoms with Gasteiger partial charge in [-0.05, 0) is 56.1 Å². The maximum atomic E-state index is 4.93. The topological polar surface area (TPSA) is 29.9 Å². The molecule has 3 heteroatoms. The van der Waals surface area contributed by atoms with Gasteiger partial charge in [-0.15, -0.1) is 0 Å². The number of piperidine rings is 1. The van der Waals surface area contributed by atoms with Gasteiger partial charge < -0.3 is 5.32 Å². The molecule has 0 amide bonds. The van der Waals surface area contributed by atoms with Crippen LogP contribution in [0.3, 0.4) is 0 Å². The highest BCUT2D eigenvalue weighted by atomic mass is 15.1. The third-order valence-corrected chi connectivity index (χ3v) is 4.57. The molecule has 2 heterocycles. The Balaban J connectivity index is 1.79. The lowest BCUT2D eigenvalue weighted by molar-refractivity contribution is 0.366. The molecular formula is C19H21N3. The SMILES string of the molecule is c1ccc(-n2c(CC3CCNCC3)nc3ccccc32)cc1. The monoisotopic (exact) mass is 291 g/mol. The van der Waals surface area contributed by atoms with Crippen molar-refractivity contribution in [3.05, 3.63) is 60.4 Å². The molecule has 3 aromatic rings. The lowest BCUT2D eigenvalue weighted by Gasteiger charge is -2.22. The van der Waals surface area contributed by atoms with Crippen LogP contribution in [0.5, 0.6) is 0 Å². The zero-order valence-corrected chi connectivity index (χ0v) is 12.7. The van der Waals surface area contributed by atoms with Crippen molar-refractivity contribution in [3.8, 4) is 5.69 Å². The van der Waals surface area contributed by atoms with E-state index in [2.05, 4.69) is 64.5 Å². The summed E-state index contributed by atoms with van der Waals surface area (Å²) < 4.78 is 2.33. The molecule has 112 valence electrons. The van der Waals surface area contributed by atoms with Gasteiger partial charge in [0.25, 0.3) is 0 Å². The molecule has 0 saturated carbocycles. The first kappa shape index (κ1) is 13.5. The van der Waals surface area contributed by atoms with Crippen molar-refractivity contribution in [1.29, 1.82) is 0 Å². The molecule has 1 aliphatic rings. The fourth-order valence-corrected chi connectivity index (χ4v) is 3.42. The quantitative estimate of drug-likeness (QED) is 0.799. The van der Waals surface area contributed by atoms with Crippen molar-refractivity contribution < 1.29 is 0 Å². The van der Waals surface area contributed by atoms with E-state index in [4.69, 9.17) is 4.98 Å². The van der Waals surface area contributed by atoms with E-state index in [1.807, 2.05) is 0 Å². The summed E-state index contributed by atoms with van der Waals surface area (Å²) in [4.78, 5) is 4.93. The number of imidazole rings is 1. The van der Waals surface area contributed by atoms with Crippen LogP contribution in [-0.2, 0) is 6.42 Å². The van der Waals surface area contributed by atoms with Crippen molar-refractivity contribution in [2.75, 3.05) is 13.1 Å². The Labute approximate surface area is 131 Å². The molecule has 0 aliphatic carbocycles. The second-order valence-corrected chi connectivity index (χ2v) is 6.09. The van der Waals surface area contributed by atoms with Crippen LogP contribution in [0.25, 0.3) is 16.7 Å². The Kier molecular flexibility index (Phi) is 3.65. The van der Waals surface area contributed by atoms with Crippen LogP contribution in [0.1, 0.15) is 18.7 Å². The van der Waals surface area contributed by atoms with Crippen molar-refractivity contribution in [2.24, 2.45) is 5.92 Å². The van der Waals surface area contributed by atoms with Gasteiger partial charge >= 0.3 is 0 Å². The minimum atomic E-state index is 0.737. The first-order valence-electron chi connectivity index (χ1n) is 8.14. The van der Waals surface area contributed by atoms with Gasteiger partial charge in [-0.1, -0.05) is 30.3 Å². The minimum Gasteiger partial charge on any atom is -0.317 e. The van der Waals surface area contributed by atoms with Gasteiger partial charge in [-0.2, -0.15) is 0 Å². The normalized spacial score (nSPS) is 16.2. The predicted molar refractivity (Wildman–Crippen MR) is 90.4 cm³/mol. The van der Waals surface area contributed by atoms with Crippen LogP contribution < -0.4 is 5.32 Å². The molecule has 1 fully saturated rings. The molecule has 0 bridgehead atoms. The van der Waals surface area contributed by atoms with Gasteiger partial charge in [-0.25, -0.2) is 4.98 Å². The average Bonchev–Trinajstić information content (AvgIpc) is 2.94. The third-order valence-electron chi connectivity index (χ3n) is 4.57. The van der Waals surface area contributed by atoms with Crippen LogP contribution in [0.4, 0.5) is 0 Å². The summed E-state index contributed by atoms with van der Waals surface area (Å²) in [6.45, 7) is 2.27. The molecule has 1 aromatic heterocycles. The van der Waals surface area contributed by atoms with Crippen LogP contribution in [0.15, 0.2) is 54.6 Å². The number of rotatable bonds is 3. The molecule has 0 atom stereocenters. The van der Waals surface area contributed by atoms with E-state index >= 15 is 0 Å². The summed E-state index contributed by atoms with van der Waals surface area (Å²) in [6, 6.07) is 19.0. The van der Waals surface area contributed by atoms with Gasteiger partial charge in [0.2, 0.25) is 0 Å². The highest BCUT2D eigenvalue weighted by Gasteiger charge is 2.19. The molecule has 3 nitrogen and oxygen atoms in total. The lowest BCUT2D eigenvalue weighted by atomic mass is 9.94. The van der Waals surface area contributed by atoms with Crippen molar-refractivity contribution in [3.63, 3.8) is 0 Å². The second kappa shape index (κ2) is 5.93. The Hall–Kier alpha value is -2.13. The largest absolute Gasteiger partial charge is 0.317 e. The van der Waals surface area contributed by atoms with E-state index in [-0.39, 0.29) is 0 Å². The molecule has 0 radical (unpaired) electrons. The molecule has 0 spiro atoms. The molecule has 1 saturated heterocycles. The van der Waals surface area contributed by atoms with E-state index in [0.717, 1.165) is 30.9 Å². The average molecular weight is 291 g/mol. The lowest BCUT2D eigenvalue weighted by Crippen LogP contribution is -2.29. The summed E-state index contributed by atoms with van der Waals surface area (Å²) in [7, 11) is 0. The summed E-state index contributed by atoms with van der Waals surface area (Å²) in [5, 5.41) is 3.45. The number of hydrogen-bond acceptors (Lipinski definition) is 2. The second-order valence-electron chi connectivity index (χ2n) is 6.09. The summed E-state index contributed by atoms with van der Waals surface area (Å²) >= 11 is 0. The van der Waals surface area contributed by atoms with Crippen LogP contribution >= 0.6 is 0 Å². The third kappa shape index (κ3) is 2.53. The number of nitrogens with one attached hydrogen (secondary N) is 1. The number of para-hydroxylation sites is 3. The predicted octanol–water partition coefficient (Wildman–Crippen LogP) is 3.57. The number of benzene rings is 2. The Morgan fingerprint density at radius 1 is 0.955 bits per heavy atom. The Morgan fingerprint density at radius 3 is 2.50 bits per heavy atom. The summed E-state index contributed by atoms with van der Waals surface area (Å²) in [5.41, 5.74) is 3.51. The zero-order valence-electron chi connectivity index (χ0n) is 12.7. The van der Waals surface area contributed by atoms with Gasteiger partial charge in [-0.3, -0.25) is 4.57 Å². The van der Waals surface area contributed by atoms with E-state index in [9.17, 15) is 0 Å². The smallest absolute Gasteiger partial charge is 0.114 e. The number of aromatic nitrogens is 2. The fraction of sp³-hybridized carbons (Fsp3) is 0.316. The summed E-state index contributed by atoms with van der Waals surface area (Å²) in [5.74, 6) is 1.93. The number of nitrogens with zero attached hydrogens (tertiary/aromatic N) is 2. The van der Waals surface area contributed by atoms with Gasteiger partial charge in [0.05, 0.1) is 11.0 Å². The van der Waals surface area contributed by atoms with Crippen LogP contribution in [-0.4, -0.2) is 22.6 Å². The van der Waals surface area contributed by atoms with E-state index < -0.39 is 0 Å².